The predicted molar refractivity (Wildman–Crippen MR) is 120 cm³/mol. The number of rotatable bonds is 5. The lowest BCUT2D eigenvalue weighted by Crippen LogP contribution is -2.30. The molecule has 0 fully saturated rings. The fourth-order valence-corrected chi connectivity index (χ4v) is 4.01. The SMILES string of the molecule is O=C(Nc1ccc2c(c1)CN(Cc1cccc(-n3cccn3)c1)CC2)c1ccncc1. The molecule has 1 amide bonds. The van der Waals surface area contributed by atoms with Crippen LogP contribution in [0.5, 0.6) is 0 Å². The Bertz CT molecular complexity index is 1190. The van der Waals surface area contributed by atoms with Gasteiger partial charge >= 0.3 is 0 Å². The molecule has 0 saturated carbocycles. The van der Waals surface area contributed by atoms with Crippen LogP contribution < -0.4 is 5.32 Å². The predicted octanol–water partition coefficient (Wildman–Crippen LogP) is 4.08. The Morgan fingerprint density at radius 2 is 1.87 bits per heavy atom. The number of fused-ring (bicyclic) bond motifs is 1. The molecule has 0 radical (unpaired) electrons. The van der Waals surface area contributed by atoms with Crippen molar-refractivity contribution in [2.45, 2.75) is 19.5 Å². The van der Waals surface area contributed by atoms with Crippen LogP contribution in [0, 0.1) is 0 Å². The topological polar surface area (TPSA) is 63.1 Å². The second-order valence-electron chi connectivity index (χ2n) is 7.75. The number of nitrogens with zero attached hydrogens (tertiary/aromatic N) is 4. The molecule has 2 aromatic carbocycles. The van der Waals surface area contributed by atoms with Gasteiger partial charge in [0.1, 0.15) is 0 Å². The van der Waals surface area contributed by atoms with Gasteiger partial charge in [-0.05, 0) is 65.6 Å². The third-order valence-electron chi connectivity index (χ3n) is 5.58. The average Bonchev–Trinajstić information content (AvgIpc) is 3.35. The van der Waals surface area contributed by atoms with Crippen LogP contribution in [0.3, 0.4) is 0 Å². The van der Waals surface area contributed by atoms with Crippen LogP contribution in [0.15, 0.2) is 85.5 Å². The molecule has 0 atom stereocenters. The van der Waals surface area contributed by atoms with Gasteiger partial charge in [0.15, 0.2) is 0 Å². The number of nitrogens with one attached hydrogen (secondary N) is 1. The summed E-state index contributed by atoms with van der Waals surface area (Å²) < 4.78 is 1.88. The number of amides is 1. The van der Waals surface area contributed by atoms with Gasteiger partial charge in [-0.2, -0.15) is 5.10 Å². The zero-order chi connectivity index (χ0) is 21.0. The largest absolute Gasteiger partial charge is 0.322 e. The van der Waals surface area contributed by atoms with Crippen molar-refractivity contribution in [2.75, 3.05) is 11.9 Å². The lowest BCUT2D eigenvalue weighted by molar-refractivity contribution is 0.102. The van der Waals surface area contributed by atoms with Gasteiger partial charge in [-0.3, -0.25) is 14.7 Å². The van der Waals surface area contributed by atoms with Crippen molar-refractivity contribution >= 4 is 11.6 Å². The summed E-state index contributed by atoms with van der Waals surface area (Å²) in [4.78, 5) is 18.9. The van der Waals surface area contributed by atoms with Crippen LogP contribution in [-0.4, -0.2) is 32.1 Å². The molecule has 1 aliphatic rings. The second-order valence-corrected chi connectivity index (χ2v) is 7.75. The Balaban J connectivity index is 1.28. The zero-order valence-corrected chi connectivity index (χ0v) is 17.1. The van der Waals surface area contributed by atoms with Crippen LogP contribution in [-0.2, 0) is 19.5 Å². The van der Waals surface area contributed by atoms with Gasteiger partial charge in [-0.1, -0.05) is 18.2 Å². The van der Waals surface area contributed by atoms with Crippen molar-refractivity contribution in [1.29, 1.82) is 0 Å². The molecule has 0 aliphatic carbocycles. The lowest BCUT2D eigenvalue weighted by Gasteiger charge is -2.29. The Kier molecular flexibility index (Phi) is 5.29. The molecule has 31 heavy (non-hydrogen) atoms. The van der Waals surface area contributed by atoms with Gasteiger partial charge in [0.25, 0.3) is 5.91 Å². The Morgan fingerprint density at radius 3 is 2.71 bits per heavy atom. The Labute approximate surface area is 181 Å². The van der Waals surface area contributed by atoms with E-state index in [9.17, 15) is 4.79 Å². The van der Waals surface area contributed by atoms with Crippen molar-refractivity contribution in [2.24, 2.45) is 0 Å². The van der Waals surface area contributed by atoms with Gasteiger partial charge in [0.05, 0.1) is 5.69 Å². The Hall–Kier alpha value is -3.77. The van der Waals surface area contributed by atoms with E-state index < -0.39 is 0 Å². The van der Waals surface area contributed by atoms with Crippen molar-refractivity contribution in [1.82, 2.24) is 19.7 Å². The van der Waals surface area contributed by atoms with Gasteiger partial charge < -0.3 is 5.32 Å². The van der Waals surface area contributed by atoms with E-state index in [1.54, 1.807) is 30.7 Å². The monoisotopic (exact) mass is 409 g/mol. The molecule has 0 unspecified atom stereocenters. The van der Waals surface area contributed by atoms with E-state index in [-0.39, 0.29) is 5.91 Å². The first-order valence-corrected chi connectivity index (χ1v) is 10.4. The summed E-state index contributed by atoms with van der Waals surface area (Å²) in [6.07, 6.45) is 8.01. The number of carbonyl (C=O) groups excluding carboxylic acids is 1. The molecular formula is C25H23N5O. The summed E-state index contributed by atoms with van der Waals surface area (Å²) in [7, 11) is 0. The number of carbonyl (C=O) groups is 1. The molecule has 6 nitrogen and oxygen atoms in total. The summed E-state index contributed by atoms with van der Waals surface area (Å²) >= 11 is 0. The van der Waals surface area contributed by atoms with E-state index in [0.717, 1.165) is 37.4 Å². The summed E-state index contributed by atoms with van der Waals surface area (Å²) in [5.74, 6) is -0.120. The molecule has 5 rings (SSSR count). The molecule has 3 heterocycles. The van der Waals surface area contributed by atoms with E-state index >= 15 is 0 Å². The number of anilines is 1. The highest BCUT2D eigenvalue weighted by Crippen LogP contribution is 2.24. The lowest BCUT2D eigenvalue weighted by atomic mass is 9.98. The van der Waals surface area contributed by atoms with Crippen LogP contribution in [0.4, 0.5) is 5.69 Å². The quantitative estimate of drug-likeness (QED) is 0.540. The highest BCUT2D eigenvalue weighted by Gasteiger charge is 2.17. The fraction of sp³-hybridized carbons (Fsp3) is 0.160. The Morgan fingerprint density at radius 1 is 0.968 bits per heavy atom. The van der Waals surface area contributed by atoms with Crippen molar-refractivity contribution in [3.63, 3.8) is 0 Å². The maximum Gasteiger partial charge on any atom is 0.255 e. The molecule has 0 saturated heterocycles. The van der Waals surface area contributed by atoms with Crippen LogP contribution in [0.2, 0.25) is 0 Å². The summed E-state index contributed by atoms with van der Waals surface area (Å²) in [6, 6.07) is 20.1. The molecular weight excluding hydrogens is 386 g/mol. The van der Waals surface area contributed by atoms with Gasteiger partial charge in [0.2, 0.25) is 0 Å². The summed E-state index contributed by atoms with van der Waals surface area (Å²) in [6.45, 7) is 2.75. The first kappa shape index (κ1) is 19.2. The van der Waals surface area contributed by atoms with Gasteiger partial charge in [0, 0.05) is 55.7 Å². The molecule has 0 bridgehead atoms. The molecule has 154 valence electrons. The summed E-state index contributed by atoms with van der Waals surface area (Å²) in [5, 5.41) is 7.33. The number of aromatic nitrogens is 3. The van der Waals surface area contributed by atoms with Crippen molar-refractivity contribution in [3.05, 3.63) is 108 Å². The number of hydrogen-bond donors (Lipinski definition) is 1. The number of pyridine rings is 1. The first-order valence-electron chi connectivity index (χ1n) is 10.4. The second kappa shape index (κ2) is 8.53. The smallest absolute Gasteiger partial charge is 0.255 e. The molecule has 0 spiro atoms. The van der Waals surface area contributed by atoms with Crippen LogP contribution in [0.25, 0.3) is 5.69 Å². The van der Waals surface area contributed by atoms with Crippen molar-refractivity contribution < 1.29 is 4.79 Å². The molecule has 1 aliphatic heterocycles. The molecule has 1 N–H and O–H groups in total. The van der Waals surface area contributed by atoms with E-state index in [1.807, 2.05) is 23.0 Å². The van der Waals surface area contributed by atoms with Crippen molar-refractivity contribution in [3.8, 4) is 5.69 Å². The minimum atomic E-state index is -0.120. The van der Waals surface area contributed by atoms with Gasteiger partial charge in [-0.25, -0.2) is 4.68 Å². The van der Waals surface area contributed by atoms with E-state index in [1.165, 1.54) is 16.7 Å². The third-order valence-corrected chi connectivity index (χ3v) is 5.58. The normalized spacial score (nSPS) is 13.5. The zero-order valence-electron chi connectivity index (χ0n) is 17.1. The van der Waals surface area contributed by atoms with Gasteiger partial charge in [-0.15, -0.1) is 0 Å². The highest BCUT2D eigenvalue weighted by molar-refractivity contribution is 6.04. The third kappa shape index (κ3) is 4.39. The standard InChI is InChI=1S/C25H23N5O/c31-25(21-7-11-26-12-8-21)28-23-6-5-20-9-14-29(18-22(20)16-23)17-19-3-1-4-24(15-19)30-13-2-10-27-30/h1-8,10-13,15-16H,9,14,17-18H2,(H,28,31). The maximum atomic E-state index is 12.5. The van der Waals surface area contributed by atoms with Crippen LogP contribution in [0.1, 0.15) is 27.0 Å². The summed E-state index contributed by atoms with van der Waals surface area (Å²) in [5.41, 5.74) is 6.37. The van der Waals surface area contributed by atoms with Crippen LogP contribution >= 0.6 is 0 Å². The number of benzene rings is 2. The minimum Gasteiger partial charge on any atom is -0.322 e. The molecule has 4 aromatic rings. The number of hydrogen-bond acceptors (Lipinski definition) is 4. The first-order chi connectivity index (χ1) is 15.2. The molecule has 6 heteroatoms. The molecule has 2 aromatic heterocycles. The van der Waals surface area contributed by atoms with E-state index in [0.29, 0.717) is 5.56 Å². The van der Waals surface area contributed by atoms with E-state index in [4.69, 9.17) is 0 Å². The maximum absolute atomic E-state index is 12.5. The van der Waals surface area contributed by atoms with E-state index in [2.05, 4.69) is 56.7 Å². The minimum absolute atomic E-state index is 0.120. The average molecular weight is 409 g/mol. The highest BCUT2D eigenvalue weighted by atomic mass is 16.1. The fourth-order valence-electron chi connectivity index (χ4n) is 4.01.